The van der Waals surface area contributed by atoms with E-state index < -0.39 is 5.97 Å². The molecule has 2 N–H and O–H groups in total. The third kappa shape index (κ3) is 4.46. The van der Waals surface area contributed by atoms with Gasteiger partial charge in [0.25, 0.3) is 5.91 Å². The zero-order valence-electron chi connectivity index (χ0n) is 16.9. The van der Waals surface area contributed by atoms with E-state index >= 15 is 0 Å². The minimum atomic E-state index is -0.404. The van der Waals surface area contributed by atoms with Crippen LogP contribution >= 0.6 is 0 Å². The first-order chi connectivity index (χ1) is 14.6. The summed E-state index contributed by atoms with van der Waals surface area (Å²) < 4.78 is 5.44. The maximum Gasteiger partial charge on any atom is 0.325 e. The summed E-state index contributed by atoms with van der Waals surface area (Å²) in [6.07, 6.45) is 3.90. The molecular weight excluding hydrogens is 376 g/mol. The van der Waals surface area contributed by atoms with Crippen LogP contribution < -0.4 is 5.73 Å². The number of hydrogen-bond acceptors (Lipinski definition) is 4. The van der Waals surface area contributed by atoms with Crippen LogP contribution in [0.15, 0.2) is 66.7 Å². The van der Waals surface area contributed by atoms with Crippen LogP contribution in [-0.2, 0) is 16.1 Å². The Morgan fingerprint density at radius 1 is 0.933 bits per heavy atom. The highest BCUT2D eigenvalue weighted by molar-refractivity contribution is 6.04. The maximum absolute atomic E-state index is 13.4. The van der Waals surface area contributed by atoms with E-state index in [9.17, 15) is 9.59 Å². The Morgan fingerprint density at radius 2 is 1.57 bits per heavy atom. The van der Waals surface area contributed by atoms with Gasteiger partial charge in [-0.15, -0.1) is 0 Å². The molecule has 0 aliphatic heterocycles. The highest BCUT2D eigenvalue weighted by Gasteiger charge is 2.30. The van der Waals surface area contributed by atoms with Gasteiger partial charge in [-0.05, 0) is 41.3 Å². The third-order valence-electron chi connectivity index (χ3n) is 5.72. The normalized spacial score (nSPS) is 14.0. The maximum atomic E-state index is 13.4. The van der Waals surface area contributed by atoms with Gasteiger partial charge >= 0.3 is 5.97 Å². The van der Waals surface area contributed by atoms with E-state index in [-0.39, 0.29) is 25.1 Å². The van der Waals surface area contributed by atoms with Gasteiger partial charge in [0.1, 0.15) is 13.2 Å². The SMILES string of the molecule is Nc1cc2ccccc2cc1C(=O)N(CC(=O)OCc1ccccc1)C1CCCC1. The number of amides is 1. The first-order valence-electron chi connectivity index (χ1n) is 10.4. The van der Waals surface area contributed by atoms with Crippen LogP contribution in [0.5, 0.6) is 0 Å². The molecular formula is C25H26N2O3. The molecule has 4 rings (SSSR count). The molecule has 1 amide bonds. The fourth-order valence-electron chi connectivity index (χ4n) is 4.10. The van der Waals surface area contributed by atoms with Gasteiger partial charge in [-0.2, -0.15) is 0 Å². The van der Waals surface area contributed by atoms with E-state index in [1.165, 1.54) is 0 Å². The zero-order chi connectivity index (χ0) is 20.9. The predicted octanol–water partition coefficient (Wildman–Crippen LogP) is 4.55. The molecule has 1 saturated carbocycles. The number of hydrogen-bond donors (Lipinski definition) is 1. The second kappa shape index (κ2) is 8.99. The van der Waals surface area contributed by atoms with E-state index in [4.69, 9.17) is 10.5 Å². The molecule has 154 valence electrons. The molecule has 0 saturated heterocycles. The van der Waals surface area contributed by atoms with Crippen molar-refractivity contribution in [2.75, 3.05) is 12.3 Å². The van der Waals surface area contributed by atoms with Crippen LogP contribution in [0.3, 0.4) is 0 Å². The summed E-state index contributed by atoms with van der Waals surface area (Å²) in [7, 11) is 0. The molecule has 0 atom stereocenters. The molecule has 0 radical (unpaired) electrons. The average molecular weight is 402 g/mol. The van der Waals surface area contributed by atoms with Gasteiger partial charge in [-0.1, -0.05) is 67.4 Å². The minimum absolute atomic E-state index is 0.0349. The van der Waals surface area contributed by atoms with Crippen molar-refractivity contribution in [3.05, 3.63) is 77.9 Å². The van der Waals surface area contributed by atoms with Crippen molar-refractivity contribution in [2.45, 2.75) is 38.3 Å². The third-order valence-corrected chi connectivity index (χ3v) is 5.72. The summed E-state index contributed by atoms with van der Waals surface area (Å²) in [5, 5.41) is 1.94. The summed E-state index contributed by atoms with van der Waals surface area (Å²) in [5.41, 5.74) is 8.02. The van der Waals surface area contributed by atoms with Crippen molar-refractivity contribution in [1.82, 2.24) is 4.90 Å². The molecule has 5 nitrogen and oxygen atoms in total. The largest absolute Gasteiger partial charge is 0.459 e. The van der Waals surface area contributed by atoms with Gasteiger partial charge in [0.15, 0.2) is 0 Å². The number of carbonyl (C=O) groups excluding carboxylic acids is 2. The number of esters is 1. The Labute approximate surface area is 176 Å². The van der Waals surface area contributed by atoms with Crippen LogP contribution in [0.4, 0.5) is 5.69 Å². The predicted molar refractivity (Wildman–Crippen MR) is 118 cm³/mol. The molecule has 0 spiro atoms. The lowest BCUT2D eigenvalue weighted by Crippen LogP contribution is -2.43. The van der Waals surface area contributed by atoms with Crippen LogP contribution in [-0.4, -0.2) is 29.4 Å². The number of rotatable bonds is 6. The quantitative estimate of drug-likeness (QED) is 0.485. The van der Waals surface area contributed by atoms with Crippen LogP contribution in [0.2, 0.25) is 0 Å². The second-order valence-corrected chi connectivity index (χ2v) is 7.80. The first-order valence-corrected chi connectivity index (χ1v) is 10.4. The Balaban J connectivity index is 1.54. The summed E-state index contributed by atoms with van der Waals surface area (Å²) in [6, 6.07) is 21.0. The number of benzene rings is 3. The Bertz CT molecular complexity index is 1040. The Kier molecular flexibility index (Phi) is 5.98. The van der Waals surface area contributed by atoms with Gasteiger partial charge in [0, 0.05) is 11.7 Å². The van der Waals surface area contributed by atoms with Gasteiger partial charge < -0.3 is 15.4 Å². The molecule has 1 fully saturated rings. The second-order valence-electron chi connectivity index (χ2n) is 7.80. The highest BCUT2D eigenvalue weighted by atomic mass is 16.5. The number of ether oxygens (including phenoxy) is 1. The Hall–Kier alpha value is -3.34. The number of carbonyl (C=O) groups is 2. The van der Waals surface area contributed by atoms with Gasteiger partial charge in [-0.3, -0.25) is 9.59 Å². The van der Waals surface area contributed by atoms with E-state index in [1.807, 2.05) is 66.7 Å². The Morgan fingerprint density at radius 3 is 2.27 bits per heavy atom. The van der Waals surface area contributed by atoms with Gasteiger partial charge in [0.05, 0.1) is 5.56 Å². The van der Waals surface area contributed by atoms with Crippen molar-refractivity contribution < 1.29 is 14.3 Å². The minimum Gasteiger partial charge on any atom is -0.459 e. The van der Waals surface area contributed by atoms with Crippen molar-refractivity contribution in [3.8, 4) is 0 Å². The smallest absolute Gasteiger partial charge is 0.325 e. The molecule has 1 aliphatic rings. The summed E-state index contributed by atoms with van der Waals surface area (Å²) >= 11 is 0. The fraction of sp³-hybridized carbons (Fsp3) is 0.280. The topological polar surface area (TPSA) is 72.6 Å². The highest BCUT2D eigenvalue weighted by Crippen LogP contribution is 2.28. The molecule has 5 heteroatoms. The van der Waals surface area contributed by atoms with E-state index in [2.05, 4.69) is 0 Å². The first kappa shape index (κ1) is 20.0. The number of nitrogens with zero attached hydrogens (tertiary/aromatic N) is 1. The molecule has 30 heavy (non-hydrogen) atoms. The monoisotopic (exact) mass is 402 g/mol. The summed E-state index contributed by atoms with van der Waals surface area (Å²) in [5.74, 6) is -0.611. The number of nitrogens with two attached hydrogens (primary N) is 1. The van der Waals surface area contributed by atoms with E-state index in [1.54, 1.807) is 4.90 Å². The van der Waals surface area contributed by atoms with Crippen molar-refractivity contribution in [2.24, 2.45) is 0 Å². The standard InChI is InChI=1S/C25H26N2O3/c26-23-15-20-11-5-4-10-19(20)14-22(23)25(29)27(21-12-6-7-13-21)16-24(28)30-17-18-8-2-1-3-9-18/h1-5,8-11,14-15,21H,6-7,12-13,16-17,26H2. The van der Waals surface area contributed by atoms with Crippen molar-refractivity contribution >= 4 is 28.3 Å². The molecule has 0 bridgehead atoms. The van der Waals surface area contributed by atoms with Crippen LogP contribution in [0.1, 0.15) is 41.6 Å². The molecule has 3 aromatic rings. The molecule has 0 heterocycles. The lowest BCUT2D eigenvalue weighted by molar-refractivity contribution is -0.146. The van der Waals surface area contributed by atoms with E-state index in [0.717, 1.165) is 42.0 Å². The fourth-order valence-corrected chi connectivity index (χ4v) is 4.10. The molecule has 0 aromatic heterocycles. The van der Waals surface area contributed by atoms with Gasteiger partial charge in [0.2, 0.25) is 0 Å². The van der Waals surface area contributed by atoms with Gasteiger partial charge in [-0.25, -0.2) is 0 Å². The molecule has 1 aliphatic carbocycles. The summed E-state index contributed by atoms with van der Waals surface area (Å²) in [4.78, 5) is 27.7. The van der Waals surface area contributed by atoms with E-state index in [0.29, 0.717) is 11.3 Å². The summed E-state index contributed by atoms with van der Waals surface area (Å²) in [6.45, 7) is 0.132. The van der Waals surface area contributed by atoms with Crippen molar-refractivity contribution in [3.63, 3.8) is 0 Å². The van der Waals surface area contributed by atoms with Crippen LogP contribution in [0.25, 0.3) is 10.8 Å². The van der Waals surface area contributed by atoms with Crippen LogP contribution in [0, 0.1) is 0 Å². The van der Waals surface area contributed by atoms with Crippen molar-refractivity contribution in [1.29, 1.82) is 0 Å². The molecule has 0 unspecified atom stereocenters. The average Bonchev–Trinajstić information content (AvgIpc) is 3.30. The number of nitrogen functional groups attached to an aromatic ring is 1. The number of fused-ring (bicyclic) bond motifs is 1. The lowest BCUT2D eigenvalue weighted by Gasteiger charge is -2.28. The lowest BCUT2D eigenvalue weighted by atomic mass is 10.0. The zero-order valence-corrected chi connectivity index (χ0v) is 16.9. The molecule has 3 aromatic carbocycles. The number of anilines is 1.